The van der Waals surface area contributed by atoms with Crippen LogP contribution in [0.15, 0.2) is 18.2 Å². The van der Waals surface area contributed by atoms with Crippen molar-refractivity contribution in [2.45, 2.75) is 37.9 Å². The molecular weight excluding hydrogens is 284 g/mol. The zero-order valence-electron chi connectivity index (χ0n) is 15.1. The van der Waals surface area contributed by atoms with Gasteiger partial charge >= 0.3 is 0 Å². The molecule has 3 rings (SSSR count). The maximum Gasteiger partial charge on any atom is 0.0481 e. The number of likely N-dealkylation sites (tertiary alicyclic amines) is 1. The predicted octanol–water partition coefficient (Wildman–Crippen LogP) is 2.01. The molecule has 1 fully saturated rings. The average molecular weight is 316 g/mol. The first kappa shape index (κ1) is 16.9. The highest BCUT2D eigenvalue weighted by Gasteiger charge is 2.36. The summed E-state index contributed by atoms with van der Waals surface area (Å²) < 4.78 is 0. The zero-order chi connectivity index (χ0) is 16.6. The van der Waals surface area contributed by atoms with Gasteiger partial charge in [-0.15, -0.1) is 0 Å². The SMILES string of the molecule is Cc1cccc2c1C(N(C)C1CCN(C)CC1)CN(C)C2CN. The highest BCUT2D eigenvalue weighted by Crippen LogP contribution is 2.39. The third-order valence-corrected chi connectivity index (χ3v) is 6.02. The van der Waals surface area contributed by atoms with Crippen molar-refractivity contribution in [3.05, 3.63) is 34.9 Å². The van der Waals surface area contributed by atoms with Crippen LogP contribution in [0.5, 0.6) is 0 Å². The molecule has 0 bridgehead atoms. The van der Waals surface area contributed by atoms with Gasteiger partial charge in [0.15, 0.2) is 0 Å². The molecule has 0 amide bonds. The lowest BCUT2D eigenvalue weighted by atomic mass is 9.85. The molecule has 0 radical (unpaired) electrons. The first-order valence-corrected chi connectivity index (χ1v) is 8.93. The third-order valence-electron chi connectivity index (χ3n) is 6.02. The van der Waals surface area contributed by atoms with Crippen LogP contribution < -0.4 is 5.73 Å². The summed E-state index contributed by atoms with van der Waals surface area (Å²) in [6, 6.07) is 8.24. The number of piperidine rings is 1. The van der Waals surface area contributed by atoms with Gasteiger partial charge in [-0.1, -0.05) is 18.2 Å². The topological polar surface area (TPSA) is 35.7 Å². The lowest BCUT2D eigenvalue weighted by Crippen LogP contribution is -2.49. The van der Waals surface area contributed by atoms with Crippen LogP contribution in [0.3, 0.4) is 0 Å². The van der Waals surface area contributed by atoms with Crippen molar-refractivity contribution in [2.75, 3.05) is 47.3 Å². The second kappa shape index (κ2) is 6.89. The van der Waals surface area contributed by atoms with Gasteiger partial charge in [-0.05, 0) is 70.7 Å². The molecule has 1 saturated heterocycles. The van der Waals surface area contributed by atoms with Gasteiger partial charge in [-0.3, -0.25) is 9.80 Å². The summed E-state index contributed by atoms with van der Waals surface area (Å²) in [6.07, 6.45) is 2.55. The Bertz CT molecular complexity index is 536. The van der Waals surface area contributed by atoms with Crippen LogP contribution >= 0.6 is 0 Å². The van der Waals surface area contributed by atoms with Gasteiger partial charge in [0, 0.05) is 31.2 Å². The van der Waals surface area contributed by atoms with E-state index in [4.69, 9.17) is 5.73 Å². The third kappa shape index (κ3) is 3.18. The smallest absolute Gasteiger partial charge is 0.0481 e. The Hall–Kier alpha value is -0.940. The van der Waals surface area contributed by atoms with Crippen molar-refractivity contribution in [3.63, 3.8) is 0 Å². The predicted molar refractivity (Wildman–Crippen MR) is 96.6 cm³/mol. The molecule has 0 aromatic heterocycles. The first-order valence-electron chi connectivity index (χ1n) is 8.93. The molecule has 2 atom stereocenters. The maximum absolute atomic E-state index is 6.08. The van der Waals surface area contributed by atoms with E-state index in [2.05, 4.69) is 61.0 Å². The fourth-order valence-corrected chi connectivity index (χ4v) is 4.47. The second-order valence-corrected chi connectivity index (χ2v) is 7.48. The molecule has 0 spiro atoms. The van der Waals surface area contributed by atoms with E-state index in [1.807, 2.05) is 0 Å². The molecule has 4 nitrogen and oxygen atoms in total. The molecule has 2 aliphatic rings. The van der Waals surface area contributed by atoms with Gasteiger partial charge < -0.3 is 10.6 Å². The number of aryl methyl sites for hydroxylation is 1. The van der Waals surface area contributed by atoms with E-state index in [1.54, 1.807) is 0 Å². The molecule has 2 aliphatic heterocycles. The normalized spacial score (nSPS) is 27.4. The molecule has 0 saturated carbocycles. The minimum Gasteiger partial charge on any atom is -0.329 e. The van der Waals surface area contributed by atoms with Crippen molar-refractivity contribution < 1.29 is 0 Å². The van der Waals surface area contributed by atoms with E-state index in [9.17, 15) is 0 Å². The minimum absolute atomic E-state index is 0.354. The Morgan fingerprint density at radius 1 is 1.22 bits per heavy atom. The fourth-order valence-electron chi connectivity index (χ4n) is 4.47. The quantitative estimate of drug-likeness (QED) is 0.925. The van der Waals surface area contributed by atoms with E-state index in [0.29, 0.717) is 24.7 Å². The van der Waals surface area contributed by atoms with E-state index in [0.717, 1.165) is 6.54 Å². The summed E-state index contributed by atoms with van der Waals surface area (Å²) in [5, 5.41) is 0. The van der Waals surface area contributed by atoms with Crippen molar-refractivity contribution in [3.8, 4) is 0 Å². The van der Waals surface area contributed by atoms with Crippen LogP contribution in [-0.4, -0.2) is 68.1 Å². The van der Waals surface area contributed by atoms with Crippen LogP contribution in [0.2, 0.25) is 0 Å². The highest BCUT2D eigenvalue weighted by atomic mass is 15.3. The molecule has 2 N–H and O–H groups in total. The second-order valence-electron chi connectivity index (χ2n) is 7.48. The molecule has 0 aliphatic carbocycles. The van der Waals surface area contributed by atoms with Crippen molar-refractivity contribution in [1.29, 1.82) is 0 Å². The molecule has 128 valence electrons. The van der Waals surface area contributed by atoms with Gasteiger partial charge in [-0.25, -0.2) is 0 Å². The Morgan fingerprint density at radius 2 is 1.91 bits per heavy atom. The van der Waals surface area contributed by atoms with Crippen LogP contribution in [0.4, 0.5) is 0 Å². The van der Waals surface area contributed by atoms with Crippen LogP contribution in [0, 0.1) is 6.92 Å². The van der Waals surface area contributed by atoms with E-state index in [-0.39, 0.29) is 0 Å². The lowest BCUT2D eigenvalue weighted by Gasteiger charge is -2.46. The number of rotatable bonds is 3. The summed E-state index contributed by atoms with van der Waals surface area (Å²) in [5.74, 6) is 0. The molecule has 23 heavy (non-hydrogen) atoms. The monoisotopic (exact) mass is 316 g/mol. The van der Waals surface area contributed by atoms with E-state index >= 15 is 0 Å². The number of hydrogen-bond donors (Lipinski definition) is 1. The van der Waals surface area contributed by atoms with Gasteiger partial charge in [-0.2, -0.15) is 0 Å². The zero-order valence-corrected chi connectivity index (χ0v) is 15.1. The van der Waals surface area contributed by atoms with Crippen LogP contribution in [0.25, 0.3) is 0 Å². The lowest BCUT2D eigenvalue weighted by molar-refractivity contribution is 0.0680. The number of fused-ring (bicyclic) bond motifs is 1. The fraction of sp³-hybridized carbons (Fsp3) is 0.684. The van der Waals surface area contributed by atoms with Crippen LogP contribution in [-0.2, 0) is 0 Å². The van der Waals surface area contributed by atoms with Crippen molar-refractivity contribution in [1.82, 2.24) is 14.7 Å². The molecular formula is C19H32N4. The number of nitrogens with two attached hydrogens (primary N) is 1. The highest BCUT2D eigenvalue weighted by molar-refractivity contribution is 5.41. The van der Waals surface area contributed by atoms with Gasteiger partial charge in [0.25, 0.3) is 0 Å². The molecule has 1 aromatic rings. The minimum atomic E-state index is 0.354. The largest absolute Gasteiger partial charge is 0.329 e. The number of benzene rings is 1. The Labute approximate surface area is 141 Å². The summed E-state index contributed by atoms with van der Waals surface area (Å²) in [6.45, 7) is 6.45. The van der Waals surface area contributed by atoms with Crippen LogP contribution in [0.1, 0.15) is 41.6 Å². The molecule has 2 unspecified atom stereocenters. The first-order chi connectivity index (χ1) is 11.0. The number of likely N-dealkylation sites (N-methyl/N-ethyl adjacent to an activating group) is 2. The van der Waals surface area contributed by atoms with Gasteiger partial charge in [0.05, 0.1) is 0 Å². The number of hydrogen-bond acceptors (Lipinski definition) is 4. The summed E-state index contributed by atoms with van der Waals surface area (Å²) in [7, 11) is 6.78. The van der Waals surface area contributed by atoms with Gasteiger partial charge in [0.1, 0.15) is 0 Å². The Balaban J connectivity index is 1.90. The standard InChI is InChI=1S/C19H32N4/c1-14-6-5-7-16-17(12-20)22(3)13-18(19(14)16)23(4)15-8-10-21(2)11-9-15/h5-7,15,17-18H,8-13,20H2,1-4H3. The average Bonchev–Trinajstić information content (AvgIpc) is 2.54. The summed E-state index contributed by atoms with van der Waals surface area (Å²) in [4.78, 5) is 7.53. The maximum atomic E-state index is 6.08. The Morgan fingerprint density at radius 3 is 2.57 bits per heavy atom. The molecule has 1 aromatic carbocycles. The Kier molecular flexibility index (Phi) is 5.07. The van der Waals surface area contributed by atoms with Gasteiger partial charge in [0.2, 0.25) is 0 Å². The molecule has 2 heterocycles. The summed E-state index contributed by atoms with van der Waals surface area (Å²) >= 11 is 0. The summed E-state index contributed by atoms with van der Waals surface area (Å²) in [5.41, 5.74) is 10.5. The van der Waals surface area contributed by atoms with E-state index < -0.39 is 0 Å². The van der Waals surface area contributed by atoms with Crippen molar-refractivity contribution >= 4 is 0 Å². The van der Waals surface area contributed by atoms with Crippen molar-refractivity contribution in [2.24, 2.45) is 5.73 Å². The molecule has 4 heteroatoms. The number of nitrogens with zero attached hydrogens (tertiary/aromatic N) is 3. The van der Waals surface area contributed by atoms with E-state index in [1.165, 1.54) is 42.6 Å².